The molecule has 0 aliphatic carbocycles. The molecule has 0 saturated carbocycles. The number of ether oxygens (including phenoxy) is 1. The number of H-pyrrole nitrogens is 1. The predicted molar refractivity (Wildman–Crippen MR) is 51.6 cm³/mol. The lowest BCUT2D eigenvalue weighted by atomic mass is 9.84. The van der Waals surface area contributed by atoms with Crippen LogP contribution in [0.15, 0.2) is 12.4 Å². The summed E-state index contributed by atoms with van der Waals surface area (Å²) < 4.78 is 4.59. The molecule has 1 atom stereocenters. The molecule has 3 N–H and O–H groups in total. The summed E-state index contributed by atoms with van der Waals surface area (Å²) in [6, 6.07) is -0.723. The van der Waals surface area contributed by atoms with Gasteiger partial charge in [0.05, 0.1) is 7.11 Å². The molecule has 78 valence electrons. The highest BCUT2D eigenvalue weighted by Crippen LogP contribution is 2.23. The Labute approximate surface area is 82.7 Å². The van der Waals surface area contributed by atoms with Gasteiger partial charge in [0.1, 0.15) is 11.9 Å². The summed E-state index contributed by atoms with van der Waals surface area (Å²) >= 11 is 0. The fourth-order valence-corrected chi connectivity index (χ4v) is 1.19. The second-order valence-electron chi connectivity index (χ2n) is 3.66. The first kappa shape index (κ1) is 10.7. The number of hydrogen-bond donors (Lipinski definition) is 2. The van der Waals surface area contributed by atoms with Crippen LogP contribution in [0.3, 0.4) is 0 Å². The Morgan fingerprint density at radius 1 is 1.71 bits per heavy atom. The minimum atomic E-state index is -0.723. The smallest absolute Gasteiger partial charge is 0.323 e. The first-order chi connectivity index (χ1) is 6.50. The van der Waals surface area contributed by atoms with Crippen molar-refractivity contribution in [3.63, 3.8) is 0 Å². The molecule has 1 heterocycles. The summed E-state index contributed by atoms with van der Waals surface area (Å²) in [5.41, 5.74) is 5.20. The Hall–Kier alpha value is -1.36. The quantitative estimate of drug-likeness (QED) is 0.678. The van der Waals surface area contributed by atoms with Gasteiger partial charge in [0.15, 0.2) is 0 Å². The van der Waals surface area contributed by atoms with E-state index in [0.29, 0.717) is 5.82 Å². The molecular weight excluding hydrogens is 182 g/mol. The van der Waals surface area contributed by atoms with Crippen LogP contribution in [0.5, 0.6) is 0 Å². The molecule has 1 unspecified atom stereocenters. The Bertz CT molecular complexity index is 306. The van der Waals surface area contributed by atoms with Crippen LogP contribution >= 0.6 is 0 Å². The van der Waals surface area contributed by atoms with Gasteiger partial charge in [-0.05, 0) is 0 Å². The third-order valence-electron chi connectivity index (χ3n) is 2.34. The molecule has 5 heteroatoms. The zero-order chi connectivity index (χ0) is 10.8. The Morgan fingerprint density at radius 3 is 2.79 bits per heavy atom. The molecule has 0 bridgehead atoms. The summed E-state index contributed by atoms with van der Waals surface area (Å²) in [5, 5.41) is 0. The van der Waals surface area contributed by atoms with Crippen molar-refractivity contribution in [1.82, 2.24) is 9.97 Å². The van der Waals surface area contributed by atoms with Crippen molar-refractivity contribution in [2.45, 2.75) is 25.3 Å². The molecule has 0 aliphatic rings. The van der Waals surface area contributed by atoms with Gasteiger partial charge < -0.3 is 15.5 Å². The zero-order valence-corrected chi connectivity index (χ0v) is 8.57. The minimum absolute atomic E-state index is 0.439. The number of esters is 1. The fraction of sp³-hybridized carbons (Fsp3) is 0.556. The van der Waals surface area contributed by atoms with Crippen LogP contribution < -0.4 is 5.73 Å². The maximum Gasteiger partial charge on any atom is 0.323 e. The molecule has 0 saturated heterocycles. The lowest BCUT2D eigenvalue weighted by molar-refractivity contribution is -0.143. The number of nitrogens with two attached hydrogens (primary N) is 1. The predicted octanol–water partition coefficient (Wildman–Crippen LogP) is 0.188. The molecule has 0 amide bonds. The number of carbonyl (C=O) groups is 1. The van der Waals surface area contributed by atoms with E-state index in [0.717, 1.165) is 0 Å². The van der Waals surface area contributed by atoms with Crippen LogP contribution in [0.2, 0.25) is 0 Å². The van der Waals surface area contributed by atoms with E-state index in [9.17, 15) is 4.79 Å². The van der Waals surface area contributed by atoms with E-state index in [1.165, 1.54) is 7.11 Å². The van der Waals surface area contributed by atoms with E-state index < -0.39 is 17.4 Å². The van der Waals surface area contributed by atoms with Gasteiger partial charge >= 0.3 is 5.97 Å². The van der Waals surface area contributed by atoms with Gasteiger partial charge in [-0.15, -0.1) is 0 Å². The third-order valence-corrected chi connectivity index (χ3v) is 2.34. The monoisotopic (exact) mass is 197 g/mol. The third kappa shape index (κ3) is 1.77. The van der Waals surface area contributed by atoms with Crippen molar-refractivity contribution in [3.05, 3.63) is 18.2 Å². The number of nitrogens with one attached hydrogen (secondary N) is 1. The summed E-state index contributed by atoms with van der Waals surface area (Å²) in [4.78, 5) is 18.3. The van der Waals surface area contributed by atoms with E-state index in [1.54, 1.807) is 12.4 Å². The maximum atomic E-state index is 11.3. The maximum absolute atomic E-state index is 11.3. The number of imidazole rings is 1. The molecule has 5 nitrogen and oxygen atoms in total. The topological polar surface area (TPSA) is 81.0 Å². The molecule has 0 aromatic carbocycles. The number of hydrogen-bond acceptors (Lipinski definition) is 4. The van der Waals surface area contributed by atoms with Gasteiger partial charge in [-0.2, -0.15) is 0 Å². The van der Waals surface area contributed by atoms with Crippen LogP contribution in [-0.2, 0) is 14.9 Å². The zero-order valence-electron chi connectivity index (χ0n) is 8.57. The standard InChI is InChI=1S/C9H15N3O2/c1-9(2,6(10)7(13)14-3)8-11-4-5-12-8/h4-6H,10H2,1-3H3,(H,11,12). The first-order valence-corrected chi connectivity index (χ1v) is 4.33. The number of rotatable bonds is 3. The average molecular weight is 197 g/mol. The van der Waals surface area contributed by atoms with Crippen LogP contribution in [0.4, 0.5) is 0 Å². The molecule has 14 heavy (non-hydrogen) atoms. The average Bonchev–Trinajstić information content (AvgIpc) is 2.68. The number of methoxy groups -OCH3 is 1. The highest BCUT2D eigenvalue weighted by atomic mass is 16.5. The number of nitrogens with zero attached hydrogens (tertiary/aromatic N) is 1. The van der Waals surface area contributed by atoms with Crippen LogP contribution in [-0.4, -0.2) is 29.1 Å². The molecule has 0 spiro atoms. The second-order valence-corrected chi connectivity index (χ2v) is 3.66. The van der Waals surface area contributed by atoms with E-state index in [2.05, 4.69) is 14.7 Å². The molecular formula is C9H15N3O2. The van der Waals surface area contributed by atoms with Gasteiger partial charge in [0, 0.05) is 17.8 Å². The van der Waals surface area contributed by atoms with Crippen molar-refractivity contribution in [3.8, 4) is 0 Å². The Morgan fingerprint density at radius 2 is 2.36 bits per heavy atom. The van der Waals surface area contributed by atoms with Gasteiger partial charge in [0.25, 0.3) is 0 Å². The molecule has 1 aromatic heterocycles. The summed E-state index contributed by atoms with van der Waals surface area (Å²) in [7, 11) is 1.32. The highest BCUT2D eigenvalue weighted by molar-refractivity contribution is 5.77. The highest BCUT2D eigenvalue weighted by Gasteiger charge is 2.36. The molecule has 0 radical (unpaired) electrons. The number of aromatic amines is 1. The van der Waals surface area contributed by atoms with E-state index in [4.69, 9.17) is 5.73 Å². The fourth-order valence-electron chi connectivity index (χ4n) is 1.19. The second kappa shape index (κ2) is 3.79. The van der Waals surface area contributed by atoms with E-state index in [-0.39, 0.29) is 0 Å². The van der Waals surface area contributed by atoms with Crippen molar-refractivity contribution in [2.75, 3.05) is 7.11 Å². The Balaban J connectivity index is 2.90. The molecule has 0 aliphatic heterocycles. The summed E-state index contributed by atoms with van der Waals surface area (Å²) in [6.45, 7) is 3.68. The van der Waals surface area contributed by atoms with Crippen LogP contribution in [0.1, 0.15) is 19.7 Å². The molecule has 0 fully saturated rings. The van der Waals surface area contributed by atoms with Crippen molar-refractivity contribution >= 4 is 5.97 Å². The van der Waals surface area contributed by atoms with Crippen LogP contribution in [0.25, 0.3) is 0 Å². The number of carbonyl (C=O) groups excluding carboxylic acids is 1. The van der Waals surface area contributed by atoms with E-state index in [1.807, 2.05) is 13.8 Å². The SMILES string of the molecule is COC(=O)C(N)C(C)(C)c1ncc[nH]1. The normalized spacial score (nSPS) is 13.7. The molecule has 1 aromatic rings. The van der Waals surface area contributed by atoms with Crippen molar-refractivity contribution in [2.24, 2.45) is 5.73 Å². The van der Waals surface area contributed by atoms with Crippen molar-refractivity contribution < 1.29 is 9.53 Å². The summed E-state index contributed by atoms with van der Waals surface area (Å²) in [6.07, 6.45) is 3.32. The lowest BCUT2D eigenvalue weighted by Gasteiger charge is -2.27. The van der Waals surface area contributed by atoms with Gasteiger partial charge in [-0.3, -0.25) is 4.79 Å². The van der Waals surface area contributed by atoms with Crippen molar-refractivity contribution in [1.29, 1.82) is 0 Å². The number of aromatic nitrogens is 2. The van der Waals surface area contributed by atoms with Gasteiger partial charge in [0.2, 0.25) is 0 Å². The first-order valence-electron chi connectivity index (χ1n) is 4.33. The van der Waals surface area contributed by atoms with Gasteiger partial charge in [-0.1, -0.05) is 13.8 Å². The largest absolute Gasteiger partial charge is 0.468 e. The Kier molecular flexibility index (Phi) is 2.90. The minimum Gasteiger partial charge on any atom is -0.468 e. The van der Waals surface area contributed by atoms with E-state index >= 15 is 0 Å². The lowest BCUT2D eigenvalue weighted by Crippen LogP contribution is -2.48. The molecule has 1 rings (SSSR count). The van der Waals surface area contributed by atoms with Crippen LogP contribution in [0, 0.1) is 0 Å². The van der Waals surface area contributed by atoms with Gasteiger partial charge in [-0.25, -0.2) is 4.98 Å². The summed E-state index contributed by atoms with van der Waals surface area (Å²) in [5.74, 6) is 0.238.